The van der Waals surface area contributed by atoms with Crippen LogP contribution >= 0.6 is 0 Å². The molecule has 16 heavy (non-hydrogen) atoms. The van der Waals surface area contributed by atoms with Gasteiger partial charge in [0, 0.05) is 20.1 Å². The monoisotopic (exact) mass is 248 g/mol. The van der Waals surface area contributed by atoms with Gasteiger partial charge in [0.15, 0.2) is 0 Å². The molecule has 0 aromatic rings. The van der Waals surface area contributed by atoms with Crippen LogP contribution in [0.3, 0.4) is 0 Å². The van der Waals surface area contributed by atoms with Crippen molar-refractivity contribution >= 4 is 10.0 Å². The van der Waals surface area contributed by atoms with E-state index < -0.39 is 16.1 Å². The summed E-state index contributed by atoms with van der Waals surface area (Å²) < 4.78 is 25.9. The number of sulfonamides is 1. The summed E-state index contributed by atoms with van der Waals surface area (Å²) in [6, 6.07) is -0.300. The van der Waals surface area contributed by atoms with E-state index in [1.54, 1.807) is 7.05 Å². The first-order valence-electron chi connectivity index (χ1n) is 5.89. The fourth-order valence-electron chi connectivity index (χ4n) is 2.63. The molecule has 5 nitrogen and oxygen atoms in total. The van der Waals surface area contributed by atoms with Gasteiger partial charge in [-0.05, 0) is 12.8 Å². The van der Waals surface area contributed by atoms with E-state index in [2.05, 4.69) is 5.32 Å². The van der Waals surface area contributed by atoms with Crippen LogP contribution in [-0.2, 0) is 10.0 Å². The quantitative estimate of drug-likeness (QED) is 0.708. The largest absolute Gasteiger partial charge is 0.390 e. The van der Waals surface area contributed by atoms with Crippen LogP contribution in [0.25, 0.3) is 0 Å². The first-order chi connectivity index (χ1) is 7.53. The van der Waals surface area contributed by atoms with Gasteiger partial charge in [0.2, 0.25) is 10.0 Å². The van der Waals surface area contributed by atoms with E-state index in [4.69, 9.17) is 0 Å². The van der Waals surface area contributed by atoms with Crippen molar-refractivity contribution in [1.82, 2.24) is 9.62 Å². The molecule has 1 aliphatic heterocycles. The maximum Gasteiger partial charge on any atom is 0.217 e. The fourth-order valence-corrected chi connectivity index (χ4v) is 4.62. The lowest BCUT2D eigenvalue weighted by atomic mass is 10.2. The van der Waals surface area contributed by atoms with E-state index in [1.807, 2.05) is 0 Å². The van der Waals surface area contributed by atoms with Crippen LogP contribution < -0.4 is 5.32 Å². The zero-order valence-corrected chi connectivity index (χ0v) is 10.4. The third-order valence-corrected chi connectivity index (χ3v) is 6.13. The standard InChI is InChI=1S/C10H20N2O3S/c1-12(9-6-11-7-10(9)13)16(14,15)8-4-2-3-5-8/h8-11,13H,2-7H2,1H3/t9-,10-/m1/s1. The van der Waals surface area contributed by atoms with Gasteiger partial charge in [-0.25, -0.2) is 8.42 Å². The first kappa shape index (κ1) is 12.3. The highest BCUT2D eigenvalue weighted by molar-refractivity contribution is 7.89. The molecule has 2 atom stereocenters. The van der Waals surface area contributed by atoms with Gasteiger partial charge >= 0.3 is 0 Å². The van der Waals surface area contributed by atoms with Crippen LogP contribution in [0, 0.1) is 0 Å². The molecule has 2 rings (SSSR count). The Hall–Kier alpha value is -0.170. The van der Waals surface area contributed by atoms with Crippen molar-refractivity contribution in [1.29, 1.82) is 0 Å². The summed E-state index contributed by atoms with van der Waals surface area (Å²) in [5.41, 5.74) is 0. The molecule has 1 saturated heterocycles. The second kappa shape index (κ2) is 4.60. The van der Waals surface area contributed by atoms with E-state index in [0.29, 0.717) is 13.1 Å². The van der Waals surface area contributed by atoms with Crippen molar-refractivity contribution < 1.29 is 13.5 Å². The van der Waals surface area contributed by atoms with Crippen LogP contribution in [-0.4, -0.2) is 55.4 Å². The van der Waals surface area contributed by atoms with Gasteiger partial charge in [0.05, 0.1) is 17.4 Å². The molecular formula is C10H20N2O3S. The average molecular weight is 248 g/mol. The molecule has 1 heterocycles. The van der Waals surface area contributed by atoms with Gasteiger partial charge in [-0.15, -0.1) is 0 Å². The lowest BCUT2D eigenvalue weighted by molar-refractivity contribution is 0.136. The van der Waals surface area contributed by atoms with Crippen LogP contribution in [0.5, 0.6) is 0 Å². The summed E-state index contributed by atoms with van der Waals surface area (Å²) in [4.78, 5) is 0. The Balaban J connectivity index is 2.10. The predicted molar refractivity (Wildman–Crippen MR) is 61.6 cm³/mol. The summed E-state index contributed by atoms with van der Waals surface area (Å²) in [5.74, 6) is 0. The van der Waals surface area contributed by atoms with Crippen LogP contribution in [0.4, 0.5) is 0 Å². The molecule has 0 aromatic heterocycles. The molecule has 2 N–H and O–H groups in total. The average Bonchev–Trinajstić information content (AvgIpc) is 2.86. The van der Waals surface area contributed by atoms with Crippen molar-refractivity contribution in [2.75, 3.05) is 20.1 Å². The Morgan fingerprint density at radius 3 is 2.38 bits per heavy atom. The van der Waals surface area contributed by atoms with Gasteiger partial charge in [0.1, 0.15) is 0 Å². The summed E-state index contributed by atoms with van der Waals surface area (Å²) >= 11 is 0. The fraction of sp³-hybridized carbons (Fsp3) is 1.00. The third-order valence-electron chi connectivity index (χ3n) is 3.74. The van der Waals surface area contributed by atoms with E-state index in [-0.39, 0.29) is 11.3 Å². The molecule has 0 bridgehead atoms. The highest BCUT2D eigenvalue weighted by Crippen LogP contribution is 2.28. The number of nitrogens with one attached hydrogen (secondary N) is 1. The number of aliphatic hydroxyl groups is 1. The first-order valence-corrected chi connectivity index (χ1v) is 7.39. The second-order valence-corrected chi connectivity index (χ2v) is 7.03. The highest BCUT2D eigenvalue weighted by Gasteiger charge is 2.39. The Morgan fingerprint density at radius 2 is 1.88 bits per heavy atom. The Kier molecular flexibility index (Phi) is 3.53. The van der Waals surface area contributed by atoms with E-state index in [1.165, 1.54) is 4.31 Å². The van der Waals surface area contributed by atoms with Gasteiger partial charge < -0.3 is 10.4 Å². The van der Waals surface area contributed by atoms with E-state index in [9.17, 15) is 13.5 Å². The summed E-state index contributed by atoms with van der Waals surface area (Å²) in [6.07, 6.45) is 2.96. The van der Waals surface area contributed by atoms with Gasteiger partial charge in [-0.3, -0.25) is 0 Å². The normalized spacial score (nSPS) is 32.7. The number of β-amino-alcohol motifs (C(OH)–C–C–N with tert-alkyl or cyclic N) is 1. The molecule has 0 radical (unpaired) electrons. The zero-order chi connectivity index (χ0) is 11.8. The maximum absolute atomic E-state index is 12.3. The lowest BCUT2D eigenvalue weighted by Gasteiger charge is -2.28. The molecule has 6 heteroatoms. The van der Waals surface area contributed by atoms with Gasteiger partial charge in [-0.2, -0.15) is 4.31 Å². The maximum atomic E-state index is 12.3. The topological polar surface area (TPSA) is 69.6 Å². The molecule has 0 unspecified atom stereocenters. The Bertz CT molecular complexity index is 338. The van der Waals surface area contributed by atoms with Crippen molar-refractivity contribution in [2.24, 2.45) is 0 Å². The van der Waals surface area contributed by atoms with Crippen LogP contribution in [0.15, 0.2) is 0 Å². The number of rotatable bonds is 3. The molecule has 2 fully saturated rings. The smallest absolute Gasteiger partial charge is 0.217 e. The number of likely N-dealkylation sites (N-methyl/N-ethyl adjacent to an activating group) is 1. The van der Waals surface area contributed by atoms with Gasteiger partial charge in [-0.1, -0.05) is 12.8 Å². The minimum absolute atomic E-state index is 0.231. The molecular weight excluding hydrogens is 228 g/mol. The van der Waals surface area contributed by atoms with Crippen LogP contribution in [0.1, 0.15) is 25.7 Å². The lowest BCUT2D eigenvalue weighted by Crippen LogP contribution is -2.47. The summed E-state index contributed by atoms with van der Waals surface area (Å²) in [5, 5.41) is 12.5. The molecule has 0 aromatic carbocycles. The van der Waals surface area contributed by atoms with Gasteiger partial charge in [0.25, 0.3) is 0 Å². The minimum atomic E-state index is -3.22. The highest BCUT2D eigenvalue weighted by atomic mass is 32.2. The zero-order valence-electron chi connectivity index (χ0n) is 9.59. The molecule has 0 amide bonds. The number of aliphatic hydroxyl groups excluding tert-OH is 1. The van der Waals surface area contributed by atoms with Crippen molar-refractivity contribution in [2.45, 2.75) is 43.1 Å². The van der Waals surface area contributed by atoms with Crippen LogP contribution in [0.2, 0.25) is 0 Å². The SMILES string of the molecule is CN([C@@H]1CNC[C@H]1O)S(=O)(=O)C1CCCC1. The molecule has 0 spiro atoms. The number of nitrogens with zero attached hydrogens (tertiary/aromatic N) is 1. The summed E-state index contributed by atoms with van der Waals surface area (Å²) in [7, 11) is -1.63. The van der Waals surface area contributed by atoms with E-state index >= 15 is 0 Å². The minimum Gasteiger partial charge on any atom is -0.390 e. The predicted octanol–water partition coefficient (Wildman–Crippen LogP) is -0.477. The molecule has 1 aliphatic carbocycles. The molecule has 1 saturated carbocycles. The second-order valence-electron chi connectivity index (χ2n) is 4.76. The Labute approximate surface area is 96.9 Å². The molecule has 2 aliphatic rings. The number of hydrogen-bond acceptors (Lipinski definition) is 4. The van der Waals surface area contributed by atoms with E-state index in [0.717, 1.165) is 25.7 Å². The molecule has 94 valence electrons. The number of hydrogen-bond donors (Lipinski definition) is 2. The van der Waals surface area contributed by atoms with Crippen molar-refractivity contribution in [3.05, 3.63) is 0 Å². The Morgan fingerprint density at radius 1 is 1.25 bits per heavy atom. The van der Waals surface area contributed by atoms with Crippen molar-refractivity contribution in [3.63, 3.8) is 0 Å². The third kappa shape index (κ3) is 2.11. The summed E-state index contributed by atoms with van der Waals surface area (Å²) in [6.45, 7) is 1.03. The van der Waals surface area contributed by atoms with Crippen molar-refractivity contribution in [3.8, 4) is 0 Å².